The first kappa shape index (κ1) is 5.15. The second kappa shape index (κ2) is 4.15. The summed E-state index contributed by atoms with van der Waals surface area (Å²) in [7, 11) is 0. The van der Waals surface area contributed by atoms with Crippen LogP contribution in [0.15, 0.2) is 11.1 Å². The highest BCUT2D eigenvalue weighted by Crippen LogP contribution is 1.80. The summed E-state index contributed by atoms with van der Waals surface area (Å²) in [5, 5.41) is 0. The minimum absolute atomic E-state index is 0.384. The highest BCUT2D eigenvalue weighted by atomic mass is 79.9. The fourth-order valence-electron chi connectivity index (χ4n) is 0.0337. The molecule has 0 amide bonds. The van der Waals surface area contributed by atoms with Crippen molar-refractivity contribution in [3.05, 3.63) is 11.1 Å². The Labute approximate surface area is 38.8 Å². The minimum Gasteiger partial charge on any atom is -0.247 e. The molecule has 0 aliphatic heterocycles. The lowest BCUT2D eigenvalue weighted by atomic mass is 10.7. The van der Waals surface area contributed by atoms with Crippen LogP contribution in [0.1, 0.15) is 0 Å². The number of rotatable bonds is 1. The van der Waals surface area contributed by atoms with E-state index in [-0.39, 0.29) is 6.67 Å². The average Bonchev–Trinajstić information content (AvgIpc) is 1.41. The third-order valence-corrected chi connectivity index (χ3v) is 0.552. The summed E-state index contributed by atoms with van der Waals surface area (Å²) >= 11 is 2.89. The molecule has 0 aromatic carbocycles. The lowest BCUT2D eigenvalue weighted by molar-refractivity contribution is 0.562. The lowest BCUT2D eigenvalue weighted by Crippen LogP contribution is -1.51. The van der Waals surface area contributed by atoms with Gasteiger partial charge in [-0.1, -0.05) is 15.9 Å². The van der Waals surface area contributed by atoms with Gasteiger partial charge >= 0.3 is 0 Å². The van der Waals surface area contributed by atoms with Gasteiger partial charge in [0.1, 0.15) is 6.67 Å². The van der Waals surface area contributed by atoms with Crippen molar-refractivity contribution in [3.8, 4) is 0 Å². The predicted molar refractivity (Wildman–Crippen MR) is 24.0 cm³/mol. The third-order valence-electron chi connectivity index (χ3n) is 0.178. The van der Waals surface area contributed by atoms with E-state index in [4.69, 9.17) is 0 Å². The van der Waals surface area contributed by atoms with Gasteiger partial charge in [0.25, 0.3) is 0 Å². The molecule has 0 radical (unpaired) electrons. The van der Waals surface area contributed by atoms with Crippen LogP contribution in [-0.4, -0.2) is 6.67 Å². The summed E-state index contributed by atoms with van der Waals surface area (Å²) in [5.41, 5.74) is 0. The number of hydrogen-bond acceptors (Lipinski definition) is 0. The third kappa shape index (κ3) is 4.15. The standard InChI is InChI=1S/C3H4BrF/c4-2-1-3-5/h1-2H,3H2. The van der Waals surface area contributed by atoms with Crippen LogP contribution in [0.4, 0.5) is 4.39 Å². The van der Waals surface area contributed by atoms with Gasteiger partial charge in [0, 0.05) is 0 Å². The summed E-state index contributed by atoms with van der Waals surface area (Å²) < 4.78 is 10.9. The van der Waals surface area contributed by atoms with Crippen molar-refractivity contribution in [2.24, 2.45) is 0 Å². The van der Waals surface area contributed by atoms with Crippen molar-refractivity contribution in [2.45, 2.75) is 0 Å². The van der Waals surface area contributed by atoms with Crippen LogP contribution in [0.5, 0.6) is 0 Å². The highest BCUT2D eigenvalue weighted by Gasteiger charge is 1.57. The molecule has 0 heterocycles. The lowest BCUT2D eigenvalue weighted by Gasteiger charge is -1.60. The van der Waals surface area contributed by atoms with Crippen molar-refractivity contribution in [3.63, 3.8) is 0 Å². The van der Waals surface area contributed by atoms with Crippen LogP contribution < -0.4 is 0 Å². The monoisotopic (exact) mass is 138 g/mol. The van der Waals surface area contributed by atoms with Crippen LogP contribution in [0.2, 0.25) is 0 Å². The Morgan fingerprint density at radius 3 is 2.40 bits per heavy atom. The largest absolute Gasteiger partial charge is 0.247 e. The second-order valence-corrected chi connectivity index (χ2v) is 1.04. The first-order chi connectivity index (χ1) is 2.41. The van der Waals surface area contributed by atoms with Gasteiger partial charge in [0.15, 0.2) is 0 Å². The van der Waals surface area contributed by atoms with Crippen molar-refractivity contribution in [2.75, 3.05) is 6.67 Å². The maximum atomic E-state index is 10.9. The molecule has 0 saturated heterocycles. The molecule has 0 aliphatic rings. The Morgan fingerprint density at radius 1 is 1.80 bits per heavy atom. The van der Waals surface area contributed by atoms with E-state index in [2.05, 4.69) is 15.9 Å². The fraction of sp³-hybridized carbons (Fsp3) is 0.333. The Morgan fingerprint density at radius 2 is 2.40 bits per heavy atom. The smallest absolute Gasteiger partial charge is 0.108 e. The molecule has 0 saturated carbocycles. The quantitative estimate of drug-likeness (QED) is 0.520. The SMILES string of the molecule is FCC=CBr. The molecule has 0 unspecified atom stereocenters. The zero-order valence-electron chi connectivity index (χ0n) is 2.62. The van der Waals surface area contributed by atoms with Crippen LogP contribution in [0, 0.1) is 0 Å². The van der Waals surface area contributed by atoms with Crippen molar-refractivity contribution in [1.29, 1.82) is 0 Å². The van der Waals surface area contributed by atoms with E-state index in [1.807, 2.05) is 0 Å². The number of hydrogen-bond donors (Lipinski definition) is 0. The average molecular weight is 139 g/mol. The van der Waals surface area contributed by atoms with E-state index in [1.165, 1.54) is 11.1 Å². The molecule has 0 aromatic heterocycles. The Balaban J connectivity index is 2.62. The second-order valence-electron chi connectivity index (χ2n) is 0.516. The van der Waals surface area contributed by atoms with E-state index in [1.54, 1.807) is 0 Å². The molecule has 5 heavy (non-hydrogen) atoms. The molecule has 0 N–H and O–H groups in total. The van der Waals surface area contributed by atoms with Gasteiger partial charge in [-0.15, -0.1) is 0 Å². The molecule has 0 bridgehead atoms. The van der Waals surface area contributed by atoms with Crippen LogP contribution in [0.3, 0.4) is 0 Å². The van der Waals surface area contributed by atoms with Crippen molar-refractivity contribution < 1.29 is 4.39 Å². The van der Waals surface area contributed by atoms with Crippen LogP contribution in [-0.2, 0) is 0 Å². The minimum atomic E-state index is -0.384. The highest BCUT2D eigenvalue weighted by molar-refractivity contribution is 9.11. The Hall–Kier alpha value is 0.150. The molecule has 30 valence electrons. The summed E-state index contributed by atoms with van der Waals surface area (Å²) in [5.74, 6) is 0. The fourth-order valence-corrected chi connectivity index (χ4v) is 0.175. The molecular weight excluding hydrogens is 135 g/mol. The molecule has 0 spiro atoms. The van der Waals surface area contributed by atoms with Crippen LogP contribution >= 0.6 is 15.9 Å². The molecule has 0 aliphatic carbocycles. The maximum absolute atomic E-state index is 10.9. The van der Waals surface area contributed by atoms with Gasteiger partial charge in [-0.2, -0.15) is 0 Å². The van der Waals surface area contributed by atoms with Gasteiger partial charge in [-0.05, 0) is 11.1 Å². The molecule has 0 nitrogen and oxygen atoms in total. The van der Waals surface area contributed by atoms with E-state index in [9.17, 15) is 4.39 Å². The summed E-state index contributed by atoms with van der Waals surface area (Å²) in [6, 6.07) is 0. The molecule has 0 fully saturated rings. The van der Waals surface area contributed by atoms with Gasteiger partial charge in [0.2, 0.25) is 0 Å². The Kier molecular flexibility index (Phi) is 4.27. The summed E-state index contributed by atoms with van der Waals surface area (Å²) in [6.45, 7) is -0.384. The zero-order valence-corrected chi connectivity index (χ0v) is 4.20. The molecule has 0 aromatic rings. The molecular formula is C3H4BrF. The summed E-state index contributed by atoms with van der Waals surface area (Å²) in [6.07, 6.45) is 1.38. The molecule has 0 rings (SSSR count). The van der Waals surface area contributed by atoms with Gasteiger partial charge in [-0.25, -0.2) is 4.39 Å². The number of halogens is 2. The van der Waals surface area contributed by atoms with Crippen molar-refractivity contribution in [1.82, 2.24) is 0 Å². The number of alkyl halides is 1. The maximum Gasteiger partial charge on any atom is 0.108 e. The number of allylic oxidation sites excluding steroid dienone is 1. The normalized spacial score (nSPS) is 10.0. The molecule has 2 heteroatoms. The first-order valence-corrected chi connectivity index (χ1v) is 2.14. The van der Waals surface area contributed by atoms with Gasteiger partial charge in [-0.3, -0.25) is 0 Å². The van der Waals surface area contributed by atoms with E-state index < -0.39 is 0 Å². The summed E-state index contributed by atoms with van der Waals surface area (Å²) in [4.78, 5) is 1.49. The topological polar surface area (TPSA) is 0 Å². The van der Waals surface area contributed by atoms with E-state index in [0.717, 1.165) is 0 Å². The van der Waals surface area contributed by atoms with E-state index >= 15 is 0 Å². The van der Waals surface area contributed by atoms with Gasteiger partial charge < -0.3 is 0 Å². The van der Waals surface area contributed by atoms with Gasteiger partial charge in [0.05, 0.1) is 0 Å². The Bertz CT molecular complexity index is 33.9. The zero-order chi connectivity index (χ0) is 4.12. The van der Waals surface area contributed by atoms with Crippen LogP contribution in [0.25, 0.3) is 0 Å². The molecule has 0 atom stereocenters. The predicted octanol–water partition coefficient (Wildman–Crippen LogP) is 1.86. The first-order valence-electron chi connectivity index (χ1n) is 1.23. The van der Waals surface area contributed by atoms with E-state index in [0.29, 0.717) is 0 Å². The van der Waals surface area contributed by atoms with Crippen molar-refractivity contribution >= 4 is 15.9 Å².